The molecule has 4 rings (SSSR count). The second-order valence-electron chi connectivity index (χ2n) is 7.32. The molecule has 1 amide bonds. The summed E-state index contributed by atoms with van der Waals surface area (Å²) < 4.78 is 44.3. The maximum absolute atomic E-state index is 14.1. The monoisotopic (exact) mass is 416 g/mol. The van der Waals surface area contributed by atoms with Crippen molar-refractivity contribution in [3.05, 3.63) is 60.0 Å². The highest BCUT2D eigenvalue weighted by atomic mass is 32.2. The Morgan fingerprint density at radius 1 is 1.17 bits per heavy atom. The summed E-state index contributed by atoms with van der Waals surface area (Å²) in [6, 6.07) is 10.2. The third kappa shape index (κ3) is 3.65. The summed E-state index contributed by atoms with van der Waals surface area (Å²) in [6.45, 7) is 0.682. The van der Waals surface area contributed by atoms with E-state index < -0.39 is 15.7 Å². The molecule has 2 aliphatic rings. The molecular formula is C21H21FN2O4S. The van der Waals surface area contributed by atoms with Gasteiger partial charge in [-0.15, -0.1) is 0 Å². The highest BCUT2D eigenvalue weighted by Gasteiger charge is 2.41. The molecule has 0 aliphatic carbocycles. The minimum atomic E-state index is -3.46. The van der Waals surface area contributed by atoms with Crippen LogP contribution in [0.4, 0.5) is 4.39 Å². The van der Waals surface area contributed by atoms with Crippen molar-refractivity contribution in [1.82, 2.24) is 10.2 Å². The van der Waals surface area contributed by atoms with Crippen molar-refractivity contribution in [3.8, 4) is 11.5 Å². The molecule has 8 heteroatoms. The number of ether oxygens (including phenoxy) is 1. The lowest BCUT2D eigenvalue weighted by atomic mass is 9.84. The standard InChI is InChI=1S/C21H21FN2O4S/c1-24-12-16(14-9-10-23-20(14)21(24)25)15-11-13(29(2,26)27)7-8-18(15)28-19-6-4-3-5-17(19)22/h3-8,11-12,14,20,23H,9-10H2,1-2H3. The van der Waals surface area contributed by atoms with Gasteiger partial charge in [0.1, 0.15) is 5.75 Å². The van der Waals surface area contributed by atoms with Crippen LogP contribution < -0.4 is 10.1 Å². The minimum Gasteiger partial charge on any atom is -0.454 e. The fraction of sp³-hybridized carbons (Fsp3) is 0.286. The zero-order valence-electron chi connectivity index (χ0n) is 16.1. The molecule has 29 heavy (non-hydrogen) atoms. The smallest absolute Gasteiger partial charge is 0.244 e. The number of benzene rings is 2. The van der Waals surface area contributed by atoms with Gasteiger partial charge in [0.2, 0.25) is 5.91 Å². The fourth-order valence-electron chi connectivity index (χ4n) is 3.85. The molecule has 0 spiro atoms. The number of nitrogens with one attached hydrogen (secondary N) is 1. The van der Waals surface area contributed by atoms with Gasteiger partial charge in [-0.1, -0.05) is 12.1 Å². The first-order chi connectivity index (χ1) is 13.8. The van der Waals surface area contributed by atoms with E-state index in [1.807, 2.05) is 0 Å². The molecule has 2 unspecified atom stereocenters. The van der Waals surface area contributed by atoms with Gasteiger partial charge >= 0.3 is 0 Å². The van der Waals surface area contributed by atoms with Gasteiger partial charge < -0.3 is 15.0 Å². The summed E-state index contributed by atoms with van der Waals surface area (Å²) >= 11 is 0. The van der Waals surface area contributed by atoms with E-state index in [4.69, 9.17) is 4.74 Å². The number of sulfone groups is 1. The van der Waals surface area contributed by atoms with Crippen LogP contribution in [-0.4, -0.2) is 45.1 Å². The lowest BCUT2D eigenvalue weighted by Gasteiger charge is -2.32. The maximum Gasteiger partial charge on any atom is 0.244 e. The van der Waals surface area contributed by atoms with Crippen molar-refractivity contribution >= 4 is 21.3 Å². The van der Waals surface area contributed by atoms with E-state index in [2.05, 4.69) is 5.32 Å². The van der Waals surface area contributed by atoms with Gasteiger partial charge in [0.05, 0.1) is 10.9 Å². The lowest BCUT2D eigenvalue weighted by molar-refractivity contribution is -0.130. The molecule has 2 aromatic carbocycles. The Morgan fingerprint density at radius 2 is 1.93 bits per heavy atom. The predicted molar refractivity (Wildman–Crippen MR) is 107 cm³/mol. The lowest BCUT2D eigenvalue weighted by Crippen LogP contribution is -2.46. The van der Waals surface area contributed by atoms with Gasteiger partial charge in [-0.3, -0.25) is 4.79 Å². The Bertz CT molecular complexity index is 1110. The first kappa shape index (κ1) is 19.6. The van der Waals surface area contributed by atoms with Crippen molar-refractivity contribution in [2.75, 3.05) is 19.8 Å². The summed E-state index contributed by atoms with van der Waals surface area (Å²) in [5.41, 5.74) is 1.33. The molecular weight excluding hydrogens is 395 g/mol. The van der Waals surface area contributed by atoms with Gasteiger partial charge in [0.15, 0.2) is 21.4 Å². The number of amides is 1. The van der Waals surface area contributed by atoms with Crippen molar-refractivity contribution in [2.24, 2.45) is 5.92 Å². The van der Waals surface area contributed by atoms with E-state index >= 15 is 0 Å². The largest absolute Gasteiger partial charge is 0.454 e. The summed E-state index contributed by atoms with van der Waals surface area (Å²) in [7, 11) is -1.80. The summed E-state index contributed by atoms with van der Waals surface area (Å²) in [4.78, 5) is 14.1. The summed E-state index contributed by atoms with van der Waals surface area (Å²) in [5.74, 6) is -0.288. The second-order valence-corrected chi connectivity index (χ2v) is 9.34. The number of likely N-dealkylation sites (N-methyl/N-ethyl adjacent to an activating group) is 1. The second kappa shape index (κ2) is 7.27. The molecule has 0 radical (unpaired) electrons. The van der Waals surface area contributed by atoms with Crippen LogP contribution in [-0.2, 0) is 14.6 Å². The van der Waals surface area contributed by atoms with Crippen LogP contribution in [0.3, 0.4) is 0 Å². The molecule has 2 heterocycles. The topological polar surface area (TPSA) is 75.7 Å². The average molecular weight is 416 g/mol. The summed E-state index contributed by atoms with van der Waals surface area (Å²) in [5, 5.41) is 3.21. The Hall–Kier alpha value is -2.71. The molecule has 2 aliphatic heterocycles. The SMILES string of the molecule is CN1C=C(c2cc(S(C)(=O)=O)ccc2Oc2ccccc2F)C2CCNC2C1=O. The van der Waals surface area contributed by atoms with Gasteiger partial charge in [-0.05, 0) is 48.9 Å². The maximum atomic E-state index is 14.1. The normalized spacial score (nSPS) is 21.7. The molecule has 0 saturated carbocycles. The van der Waals surface area contributed by atoms with E-state index in [9.17, 15) is 17.6 Å². The highest BCUT2D eigenvalue weighted by molar-refractivity contribution is 7.90. The number of rotatable bonds is 4. The molecule has 0 bridgehead atoms. The van der Waals surface area contributed by atoms with Crippen LogP contribution in [0.15, 0.2) is 53.6 Å². The number of hydrogen-bond donors (Lipinski definition) is 1. The molecule has 2 atom stereocenters. The first-order valence-electron chi connectivity index (χ1n) is 9.24. The molecule has 0 aromatic heterocycles. The van der Waals surface area contributed by atoms with Crippen LogP contribution in [0.1, 0.15) is 12.0 Å². The van der Waals surface area contributed by atoms with Gasteiger partial charge in [0.25, 0.3) is 0 Å². The Labute approximate surface area is 168 Å². The van der Waals surface area contributed by atoms with E-state index in [-0.39, 0.29) is 28.5 Å². The van der Waals surface area contributed by atoms with E-state index in [1.54, 1.807) is 25.4 Å². The molecule has 1 N–H and O–H groups in total. The Morgan fingerprint density at radius 3 is 2.66 bits per heavy atom. The van der Waals surface area contributed by atoms with E-state index in [0.717, 1.165) is 18.2 Å². The number of para-hydroxylation sites is 1. The summed E-state index contributed by atoms with van der Waals surface area (Å²) in [6.07, 6.45) is 3.58. The van der Waals surface area contributed by atoms with E-state index in [1.165, 1.54) is 35.2 Å². The average Bonchev–Trinajstić information content (AvgIpc) is 3.16. The number of nitrogens with zero attached hydrogens (tertiary/aromatic N) is 1. The Balaban J connectivity index is 1.86. The molecule has 152 valence electrons. The number of carbonyl (C=O) groups is 1. The minimum absolute atomic E-state index is 0.0351. The van der Waals surface area contributed by atoms with Gasteiger partial charge in [-0.25, -0.2) is 12.8 Å². The quantitative estimate of drug-likeness (QED) is 0.830. The predicted octanol–water partition coefficient (Wildman–Crippen LogP) is 2.81. The van der Waals surface area contributed by atoms with E-state index in [0.29, 0.717) is 17.9 Å². The van der Waals surface area contributed by atoms with Crippen LogP contribution >= 0.6 is 0 Å². The Kier molecular flexibility index (Phi) is 4.92. The van der Waals surface area contributed by atoms with Crippen LogP contribution in [0, 0.1) is 11.7 Å². The number of hydrogen-bond acceptors (Lipinski definition) is 5. The fourth-order valence-corrected chi connectivity index (χ4v) is 4.50. The van der Waals surface area contributed by atoms with Crippen molar-refractivity contribution in [3.63, 3.8) is 0 Å². The van der Waals surface area contributed by atoms with Crippen LogP contribution in [0.25, 0.3) is 5.57 Å². The number of halogens is 1. The van der Waals surface area contributed by atoms with Crippen LogP contribution in [0.2, 0.25) is 0 Å². The third-order valence-corrected chi connectivity index (χ3v) is 6.42. The highest BCUT2D eigenvalue weighted by Crippen LogP contribution is 2.42. The number of carbonyl (C=O) groups excluding carboxylic acids is 1. The molecule has 1 fully saturated rings. The van der Waals surface area contributed by atoms with Gasteiger partial charge in [0, 0.05) is 31.0 Å². The zero-order chi connectivity index (χ0) is 20.8. The number of fused-ring (bicyclic) bond motifs is 1. The zero-order valence-corrected chi connectivity index (χ0v) is 16.9. The first-order valence-corrected chi connectivity index (χ1v) is 11.1. The van der Waals surface area contributed by atoms with Crippen LogP contribution in [0.5, 0.6) is 11.5 Å². The van der Waals surface area contributed by atoms with Gasteiger partial charge in [-0.2, -0.15) is 0 Å². The van der Waals surface area contributed by atoms with Crippen molar-refractivity contribution in [1.29, 1.82) is 0 Å². The molecule has 2 aromatic rings. The molecule has 6 nitrogen and oxygen atoms in total. The van der Waals surface area contributed by atoms with Crippen molar-refractivity contribution in [2.45, 2.75) is 17.4 Å². The third-order valence-electron chi connectivity index (χ3n) is 5.31. The molecule has 1 saturated heterocycles. The van der Waals surface area contributed by atoms with Crippen molar-refractivity contribution < 1.29 is 22.3 Å².